The van der Waals surface area contributed by atoms with E-state index in [4.69, 9.17) is 14.3 Å². The summed E-state index contributed by atoms with van der Waals surface area (Å²) in [4.78, 5) is 7.21. The summed E-state index contributed by atoms with van der Waals surface area (Å²) in [6.07, 6.45) is 4.05. The first-order valence-corrected chi connectivity index (χ1v) is 10.1. The number of rotatable bonds is 10. The summed E-state index contributed by atoms with van der Waals surface area (Å²) >= 11 is 0. The van der Waals surface area contributed by atoms with Gasteiger partial charge in [0.15, 0.2) is 5.96 Å². The minimum Gasteiger partial charge on any atom is -0.379 e. The molecule has 1 saturated heterocycles. The Bertz CT molecular complexity index is 517. The van der Waals surface area contributed by atoms with E-state index >= 15 is 0 Å². The predicted molar refractivity (Wildman–Crippen MR) is 105 cm³/mol. The first kappa shape index (κ1) is 20.7. The fraction of sp³-hybridized carbons (Fsp3) is 0.789. The summed E-state index contributed by atoms with van der Waals surface area (Å²) in [5, 5.41) is 10.9. The third kappa shape index (κ3) is 6.61. The van der Waals surface area contributed by atoms with Crippen molar-refractivity contribution in [2.75, 3.05) is 45.9 Å². The van der Waals surface area contributed by atoms with Crippen molar-refractivity contribution in [3.63, 3.8) is 0 Å². The van der Waals surface area contributed by atoms with Crippen LogP contribution >= 0.6 is 0 Å². The van der Waals surface area contributed by atoms with Crippen LogP contribution in [0.5, 0.6) is 0 Å². The lowest BCUT2D eigenvalue weighted by Gasteiger charge is -2.26. The van der Waals surface area contributed by atoms with E-state index in [1.54, 1.807) is 0 Å². The van der Waals surface area contributed by atoms with Gasteiger partial charge in [-0.15, -0.1) is 0 Å². The number of aliphatic imine (C=N–C) groups is 1. The van der Waals surface area contributed by atoms with Crippen molar-refractivity contribution in [3.05, 3.63) is 17.0 Å². The van der Waals surface area contributed by atoms with Gasteiger partial charge in [-0.25, -0.2) is 4.99 Å². The molecule has 0 radical (unpaired) electrons. The van der Waals surface area contributed by atoms with Crippen LogP contribution in [0.2, 0.25) is 0 Å². The summed E-state index contributed by atoms with van der Waals surface area (Å²) < 4.78 is 10.8. The molecule has 7 nitrogen and oxygen atoms in total. The summed E-state index contributed by atoms with van der Waals surface area (Å²) in [6.45, 7) is 13.7. The van der Waals surface area contributed by atoms with Crippen LogP contribution in [0.15, 0.2) is 9.52 Å². The van der Waals surface area contributed by atoms with Gasteiger partial charge in [0.05, 0.1) is 25.5 Å². The first-order valence-electron chi connectivity index (χ1n) is 10.1. The van der Waals surface area contributed by atoms with Crippen LogP contribution < -0.4 is 10.6 Å². The fourth-order valence-corrected chi connectivity index (χ4v) is 3.11. The van der Waals surface area contributed by atoms with Crippen molar-refractivity contribution in [2.24, 2.45) is 4.99 Å². The minimum absolute atomic E-state index is 0.610. The van der Waals surface area contributed by atoms with Gasteiger partial charge in [0.2, 0.25) is 0 Å². The van der Waals surface area contributed by atoms with E-state index in [2.05, 4.69) is 41.5 Å². The number of hydrogen-bond donors (Lipinski definition) is 2. The van der Waals surface area contributed by atoms with Crippen LogP contribution in [0.4, 0.5) is 0 Å². The van der Waals surface area contributed by atoms with Crippen LogP contribution in [-0.4, -0.2) is 62.0 Å². The highest BCUT2D eigenvalue weighted by Gasteiger charge is 2.13. The van der Waals surface area contributed by atoms with Crippen molar-refractivity contribution < 1.29 is 9.26 Å². The number of ether oxygens (including phenoxy) is 1. The molecule has 1 aromatic rings. The molecule has 1 aliphatic heterocycles. The van der Waals surface area contributed by atoms with Gasteiger partial charge in [0.25, 0.3) is 0 Å². The van der Waals surface area contributed by atoms with Gasteiger partial charge in [-0.3, -0.25) is 4.90 Å². The Kier molecular flexibility index (Phi) is 9.48. The highest BCUT2D eigenvalue weighted by Crippen LogP contribution is 2.16. The Morgan fingerprint density at radius 3 is 2.62 bits per heavy atom. The Morgan fingerprint density at radius 2 is 1.92 bits per heavy atom. The lowest BCUT2D eigenvalue weighted by atomic mass is 10.1. The SMILES string of the molecule is CCNC(=NCc1c(CC)noc1CC)NCCCCN1CCOCC1. The number of aryl methyl sites for hydroxylation is 2. The Labute approximate surface area is 157 Å². The molecular weight excluding hydrogens is 330 g/mol. The van der Waals surface area contributed by atoms with Crippen LogP contribution in [0.3, 0.4) is 0 Å². The van der Waals surface area contributed by atoms with Gasteiger partial charge in [0, 0.05) is 38.2 Å². The van der Waals surface area contributed by atoms with Crippen molar-refractivity contribution in [1.29, 1.82) is 0 Å². The lowest BCUT2D eigenvalue weighted by molar-refractivity contribution is 0.0372. The highest BCUT2D eigenvalue weighted by atomic mass is 16.5. The Balaban J connectivity index is 1.76. The second kappa shape index (κ2) is 11.9. The molecule has 0 aromatic carbocycles. The molecule has 26 heavy (non-hydrogen) atoms. The molecule has 148 valence electrons. The Morgan fingerprint density at radius 1 is 1.12 bits per heavy atom. The maximum absolute atomic E-state index is 5.43. The van der Waals surface area contributed by atoms with E-state index in [9.17, 15) is 0 Å². The van der Waals surface area contributed by atoms with Gasteiger partial charge < -0.3 is 19.9 Å². The van der Waals surface area contributed by atoms with Gasteiger partial charge >= 0.3 is 0 Å². The van der Waals surface area contributed by atoms with Crippen molar-refractivity contribution >= 4 is 5.96 Å². The van der Waals surface area contributed by atoms with Crippen LogP contribution in [0.25, 0.3) is 0 Å². The molecule has 0 saturated carbocycles. The molecule has 1 aliphatic rings. The second-order valence-electron chi connectivity index (χ2n) is 6.52. The number of unbranched alkanes of at least 4 members (excludes halogenated alkanes) is 1. The molecule has 0 amide bonds. The highest BCUT2D eigenvalue weighted by molar-refractivity contribution is 5.79. The average Bonchev–Trinajstić information content (AvgIpc) is 3.08. The van der Waals surface area contributed by atoms with Crippen molar-refractivity contribution in [3.8, 4) is 0 Å². The second-order valence-corrected chi connectivity index (χ2v) is 6.52. The van der Waals surface area contributed by atoms with E-state index in [1.807, 2.05) is 0 Å². The maximum atomic E-state index is 5.43. The minimum atomic E-state index is 0.610. The molecule has 1 fully saturated rings. The average molecular weight is 366 g/mol. The number of nitrogens with zero attached hydrogens (tertiary/aromatic N) is 3. The number of aromatic nitrogens is 1. The molecule has 0 atom stereocenters. The number of morpholine rings is 1. The quantitative estimate of drug-likeness (QED) is 0.375. The summed E-state index contributed by atoms with van der Waals surface area (Å²) in [5.41, 5.74) is 2.16. The summed E-state index contributed by atoms with van der Waals surface area (Å²) in [5.74, 6) is 1.82. The lowest BCUT2D eigenvalue weighted by Crippen LogP contribution is -2.39. The van der Waals surface area contributed by atoms with Crippen molar-refractivity contribution in [2.45, 2.75) is 53.0 Å². The van der Waals surface area contributed by atoms with Gasteiger partial charge in [-0.1, -0.05) is 19.0 Å². The maximum Gasteiger partial charge on any atom is 0.191 e. The van der Waals surface area contributed by atoms with Crippen LogP contribution in [-0.2, 0) is 24.1 Å². The Hall–Kier alpha value is -1.60. The largest absolute Gasteiger partial charge is 0.379 e. The van der Waals surface area contributed by atoms with E-state index in [-0.39, 0.29) is 0 Å². The molecule has 0 aliphatic carbocycles. The molecule has 2 rings (SSSR count). The van der Waals surface area contributed by atoms with Crippen LogP contribution in [0.1, 0.15) is 50.6 Å². The zero-order valence-electron chi connectivity index (χ0n) is 16.6. The molecule has 2 N–H and O–H groups in total. The van der Waals surface area contributed by atoms with Crippen LogP contribution in [0, 0.1) is 0 Å². The number of guanidine groups is 1. The van der Waals surface area contributed by atoms with E-state index in [1.165, 1.54) is 6.42 Å². The van der Waals surface area contributed by atoms with Gasteiger partial charge in [-0.2, -0.15) is 0 Å². The zero-order chi connectivity index (χ0) is 18.6. The zero-order valence-corrected chi connectivity index (χ0v) is 16.6. The third-order valence-corrected chi connectivity index (χ3v) is 4.64. The molecular formula is C19H35N5O2. The monoisotopic (exact) mass is 365 g/mol. The molecule has 2 heterocycles. The third-order valence-electron chi connectivity index (χ3n) is 4.64. The van der Waals surface area contributed by atoms with E-state index in [0.717, 1.165) is 88.2 Å². The molecule has 0 spiro atoms. The molecule has 1 aromatic heterocycles. The van der Waals surface area contributed by atoms with Gasteiger partial charge in [-0.05, 0) is 32.7 Å². The smallest absolute Gasteiger partial charge is 0.191 e. The summed E-state index contributed by atoms with van der Waals surface area (Å²) in [6, 6.07) is 0. The molecule has 0 unspecified atom stereocenters. The molecule has 7 heteroatoms. The van der Waals surface area contributed by atoms with Gasteiger partial charge in [0.1, 0.15) is 5.76 Å². The molecule has 0 bridgehead atoms. The normalized spacial score (nSPS) is 16.0. The number of nitrogens with one attached hydrogen (secondary N) is 2. The number of hydrogen-bond acceptors (Lipinski definition) is 5. The van der Waals surface area contributed by atoms with E-state index < -0.39 is 0 Å². The first-order chi connectivity index (χ1) is 12.8. The predicted octanol–water partition coefficient (Wildman–Crippen LogP) is 1.97. The summed E-state index contributed by atoms with van der Waals surface area (Å²) in [7, 11) is 0. The standard InChI is InChI=1S/C19H35N5O2/c1-4-17-16(18(5-2)26-23-17)15-22-19(20-6-3)21-9-7-8-10-24-11-13-25-14-12-24/h4-15H2,1-3H3,(H2,20,21,22). The van der Waals surface area contributed by atoms with Crippen molar-refractivity contribution in [1.82, 2.24) is 20.7 Å². The fourth-order valence-electron chi connectivity index (χ4n) is 3.11. The van der Waals surface area contributed by atoms with E-state index in [0.29, 0.717) is 6.54 Å². The topological polar surface area (TPSA) is 74.9 Å².